The van der Waals surface area contributed by atoms with Crippen LogP contribution in [0.4, 0.5) is 5.69 Å². The molecule has 7 heteroatoms. The molecule has 0 unspecified atom stereocenters. The average Bonchev–Trinajstić information content (AvgIpc) is 2.55. The Labute approximate surface area is 149 Å². The predicted octanol–water partition coefficient (Wildman–Crippen LogP) is 3.25. The summed E-state index contributed by atoms with van der Waals surface area (Å²) in [4.78, 5) is 32.5. The van der Waals surface area contributed by atoms with Crippen molar-refractivity contribution in [3.8, 4) is 0 Å². The quantitative estimate of drug-likeness (QED) is 0.754. The Kier molecular flexibility index (Phi) is 4.37. The van der Waals surface area contributed by atoms with Crippen LogP contribution in [0, 0.1) is 13.8 Å². The van der Waals surface area contributed by atoms with Gasteiger partial charge in [-0.05, 0) is 50.2 Å². The third kappa shape index (κ3) is 3.44. The number of nitrogens with one attached hydrogen (secondary N) is 1. The maximum absolute atomic E-state index is 12.4. The third-order valence-electron chi connectivity index (χ3n) is 3.83. The standard InChI is InChI=1S/C18H15ClN4O2/c1-9-10(2)22-16-7-11(3-6-15(16)21-9)18(25)23-12-4-5-13(17(20)24)14(19)8-12/h3-8H,1-2H3,(H2,20,24)(H,23,25). The Morgan fingerprint density at radius 3 is 2.32 bits per heavy atom. The number of anilines is 1. The highest BCUT2D eigenvalue weighted by molar-refractivity contribution is 6.34. The molecule has 25 heavy (non-hydrogen) atoms. The first-order chi connectivity index (χ1) is 11.8. The Bertz CT molecular complexity index is 1020. The van der Waals surface area contributed by atoms with E-state index in [4.69, 9.17) is 17.3 Å². The lowest BCUT2D eigenvalue weighted by molar-refractivity contribution is 0.0998. The summed E-state index contributed by atoms with van der Waals surface area (Å²) in [6.07, 6.45) is 0. The Balaban J connectivity index is 1.88. The van der Waals surface area contributed by atoms with E-state index < -0.39 is 5.91 Å². The van der Waals surface area contributed by atoms with Crippen molar-refractivity contribution >= 4 is 40.1 Å². The molecule has 0 atom stereocenters. The zero-order valence-corrected chi connectivity index (χ0v) is 14.4. The molecular formula is C18H15ClN4O2. The number of hydrogen-bond acceptors (Lipinski definition) is 4. The van der Waals surface area contributed by atoms with E-state index >= 15 is 0 Å². The molecule has 0 saturated carbocycles. The molecule has 2 amide bonds. The van der Waals surface area contributed by atoms with Gasteiger partial charge >= 0.3 is 0 Å². The molecule has 0 fully saturated rings. The fourth-order valence-electron chi connectivity index (χ4n) is 2.37. The molecule has 1 aromatic heterocycles. The average molecular weight is 355 g/mol. The number of carbonyl (C=O) groups is 2. The van der Waals surface area contributed by atoms with E-state index in [1.807, 2.05) is 13.8 Å². The number of aryl methyl sites for hydroxylation is 2. The van der Waals surface area contributed by atoms with Crippen molar-refractivity contribution in [2.45, 2.75) is 13.8 Å². The second-order valence-electron chi connectivity index (χ2n) is 5.61. The first-order valence-corrected chi connectivity index (χ1v) is 7.88. The van der Waals surface area contributed by atoms with Crippen molar-refractivity contribution in [2.24, 2.45) is 5.73 Å². The number of aromatic nitrogens is 2. The van der Waals surface area contributed by atoms with Gasteiger partial charge < -0.3 is 11.1 Å². The summed E-state index contributed by atoms with van der Waals surface area (Å²) in [7, 11) is 0. The SMILES string of the molecule is Cc1nc2ccc(C(=O)Nc3ccc(C(N)=O)c(Cl)c3)cc2nc1C. The minimum Gasteiger partial charge on any atom is -0.366 e. The van der Waals surface area contributed by atoms with Gasteiger partial charge in [-0.25, -0.2) is 9.97 Å². The number of nitrogens with zero attached hydrogens (tertiary/aromatic N) is 2. The van der Waals surface area contributed by atoms with Crippen LogP contribution in [-0.2, 0) is 0 Å². The van der Waals surface area contributed by atoms with Gasteiger partial charge in [0.2, 0.25) is 5.91 Å². The molecule has 2 aromatic carbocycles. The van der Waals surface area contributed by atoms with Gasteiger partial charge in [0.1, 0.15) is 0 Å². The lowest BCUT2D eigenvalue weighted by atomic mass is 10.1. The monoisotopic (exact) mass is 354 g/mol. The topological polar surface area (TPSA) is 98.0 Å². The third-order valence-corrected chi connectivity index (χ3v) is 4.14. The van der Waals surface area contributed by atoms with Crippen molar-refractivity contribution in [2.75, 3.05) is 5.32 Å². The van der Waals surface area contributed by atoms with Gasteiger partial charge in [0, 0.05) is 11.3 Å². The zero-order valence-electron chi connectivity index (χ0n) is 13.6. The fraction of sp³-hybridized carbons (Fsp3) is 0.111. The van der Waals surface area contributed by atoms with Crippen LogP contribution in [0.25, 0.3) is 11.0 Å². The van der Waals surface area contributed by atoms with Crippen molar-refractivity contribution in [1.82, 2.24) is 9.97 Å². The molecule has 3 aromatic rings. The Morgan fingerprint density at radius 1 is 1.00 bits per heavy atom. The fourth-order valence-corrected chi connectivity index (χ4v) is 2.64. The number of halogens is 1. The molecule has 6 nitrogen and oxygen atoms in total. The van der Waals surface area contributed by atoms with Gasteiger partial charge in [0.05, 0.1) is 33.0 Å². The minimum atomic E-state index is -0.623. The van der Waals surface area contributed by atoms with Crippen molar-refractivity contribution in [3.63, 3.8) is 0 Å². The van der Waals surface area contributed by atoms with Crippen LogP contribution in [0.1, 0.15) is 32.1 Å². The molecule has 0 aliphatic rings. The number of hydrogen-bond donors (Lipinski definition) is 2. The van der Waals surface area contributed by atoms with Crippen LogP contribution in [0.2, 0.25) is 5.02 Å². The van der Waals surface area contributed by atoms with E-state index in [2.05, 4.69) is 15.3 Å². The van der Waals surface area contributed by atoms with E-state index in [0.717, 1.165) is 16.9 Å². The van der Waals surface area contributed by atoms with E-state index in [0.29, 0.717) is 16.8 Å². The molecule has 126 valence electrons. The maximum Gasteiger partial charge on any atom is 0.255 e. The molecule has 0 bridgehead atoms. The summed E-state index contributed by atoms with van der Waals surface area (Å²) in [5.41, 5.74) is 9.37. The number of benzene rings is 2. The Morgan fingerprint density at radius 2 is 1.68 bits per heavy atom. The van der Waals surface area contributed by atoms with Gasteiger partial charge in [-0.3, -0.25) is 9.59 Å². The highest BCUT2D eigenvalue weighted by atomic mass is 35.5. The molecule has 0 aliphatic heterocycles. The highest BCUT2D eigenvalue weighted by Crippen LogP contribution is 2.22. The first kappa shape index (κ1) is 16.9. The summed E-state index contributed by atoms with van der Waals surface area (Å²) < 4.78 is 0. The van der Waals surface area contributed by atoms with Crippen LogP contribution in [-0.4, -0.2) is 21.8 Å². The molecule has 3 N–H and O–H groups in total. The molecule has 0 radical (unpaired) electrons. The van der Waals surface area contributed by atoms with Gasteiger partial charge in [-0.1, -0.05) is 11.6 Å². The van der Waals surface area contributed by atoms with Crippen LogP contribution in [0.5, 0.6) is 0 Å². The first-order valence-electron chi connectivity index (χ1n) is 7.51. The molecule has 0 saturated heterocycles. The highest BCUT2D eigenvalue weighted by Gasteiger charge is 2.11. The van der Waals surface area contributed by atoms with Gasteiger partial charge in [0.25, 0.3) is 5.91 Å². The number of fused-ring (bicyclic) bond motifs is 1. The van der Waals surface area contributed by atoms with E-state index in [9.17, 15) is 9.59 Å². The van der Waals surface area contributed by atoms with Crippen molar-refractivity contribution < 1.29 is 9.59 Å². The summed E-state index contributed by atoms with van der Waals surface area (Å²) in [6.45, 7) is 3.76. The number of carbonyl (C=O) groups excluding carboxylic acids is 2. The largest absolute Gasteiger partial charge is 0.366 e. The van der Waals surface area contributed by atoms with E-state index in [1.54, 1.807) is 24.3 Å². The molecule has 0 spiro atoms. The lowest BCUT2D eigenvalue weighted by Crippen LogP contribution is -2.14. The number of nitrogens with two attached hydrogens (primary N) is 1. The number of primary amides is 1. The Hall–Kier alpha value is -2.99. The molecule has 1 heterocycles. The second-order valence-corrected chi connectivity index (χ2v) is 6.02. The minimum absolute atomic E-state index is 0.181. The van der Waals surface area contributed by atoms with Crippen molar-refractivity contribution in [1.29, 1.82) is 0 Å². The summed E-state index contributed by atoms with van der Waals surface area (Å²) >= 11 is 5.99. The van der Waals surface area contributed by atoms with Crippen LogP contribution in [0.15, 0.2) is 36.4 Å². The maximum atomic E-state index is 12.4. The molecule has 3 rings (SSSR count). The lowest BCUT2D eigenvalue weighted by Gasteiger charge is -2.08. The van der Waals surface area contributed by atoms with Crippen LogP contribution < -0.4 is 11.1 Å². The smallest absolute Gasteiger partial charge is 0.255 e. The second kappa shape index (κ2) is 6.49. The molecule has 0 aliphatic carbocycles. The van der Waals surface area contributed by atoms with Gasteiger partial charge in [-0.2, -0.15) is 0 Å². The zero-order chi connectivity index (χ0) is 18.1. The summed E-state index contributed by atoms with van der Waals surface area (Å²) in [5.74, 6) is -0.938. The van der Waals surface area contributed by atoms with Crippen LogP contribution >= 0.6 is 11.6 Å². The van der Waals surface area contributed by atoms with Gasteiger partial charge in [0.15, 0.2) is 0 Å². The van der Waals surface area contributed by atoms with Gasteiger partial charge in [-0.15, -0.1) is 0 Å². The predicted molar refractivity (Wildman–Crippen MR) is 96.9 cm³/mol. The normalized spacial score (nSPS) is 10.7. The van der Waals surface area contributed by atoms with E-state index in [-0.39, 0.29) is 16.5 Å². The summed E-state index contributed by atoms with van der Waals surface area (Å²) in [5, 5.41) is 2.91. The van der Waals surface area contributed by atoms with E-state index in [1.165, 1.54) is 12.1 Å². The summed E-state index contributed by atoms with van der Waals surface area (Å²) in [6, 6.07) is 9.64. The number of rotatable bonds is 3. The van der Waals surface area contributed by atoms with Crippen LogP contribution in [0.3, 0.4) is 0 Å². The number of amides is 2. The molecular weight excluding hydrogens is 340 g/mol. The van der Waals surface area contributed by atoms with Crippen molar-refractivity contribution in [3.05, 3.63) is 63.9 Å².